The summed E-state index contributed by atoms with van der Waals surface area (Å²) >= 11 is 0. The van der Waals surface area contributed by atoms with E-state index in [0.29, 0.717) is 6.42 Å². The van der Waals surface area contributed by atoms with Crippen LogP contribution in [-0.2, 0) is 18.9 Å². The molecule has 0 heterocycles. The van der Waals surface area contributed by atoms with Gasteiger partial charge in [-0.3, -0.25) is 0 Å². The molecule has 0 amide bonds. The van der Waals surface area contributed by atoms with E-state index >= 15 is 0 Å². The molecule has 0 aliphatic heterocycles. The molecule has 0 N–H and O–H groups in total. The molecule has 0 aliphatic rings. The fourth-order valence-corrected chi connectivity index (χ4v) is 3.17. The predicted molar refractivity (Wildman–Crippen MR) is 105 cm³/mol. The molecule has 164 valence electrons. The van der Waals surface area contributed by atoms with Gasteiger partial charge in [-0.15, -0.1) is 0 Å². The SMILES string of the molecule is CCCCCCCCOCCCCCCCCCCCCOOP(=O)([O-])[O-].[K+].[K+]. The summed E-state index contributed by atoms with van der Waals surface area (Å²) in [6.45, 7) is 4.23. The Labute approximate surface area is 264 Å². The van der Waals surface area contributed by atoms with Crippen molar-refractivity contribution in [3.8, 4) is 0 Å². The van der Waals surface area contributed by atoms with E-state index in [-0.39, 0.29) is 109 Å². The fourth-order valence-electron chi connectivity index (χ4n) is 2.97. The molecule has 0 spiro atoms. The molecule has 9 heteroatoms. The first kappa shape index (κ1) is 36.9. The molecule has 0 radical (unpaired) electrons. The van der Waals surface area contributed by atoms with E-state index in [1.54, 1.807) is 0 Å². The summed E-state index contributed by atoms with van der Waals surface area (Å²) < 4.78 is 19.5. The second-order valence-corrected chi connectivity index (χ2v) is 8.30. The van der Waals surface area contributed by atoms with Gasteiger partial charge in [-0.2, -0.15) is 0 Å². The van der Waals surface area contributed by atoms with Crippen molar-refractivity contribution >= 4 is 7.82 Å². The van der Waals surface area contributed by atoms with Crippen LogP contribution in [0.3, 0.4) is 0 Å². The van der Waals surface area contributed by atoms with Gasteiger partial charge in [-0.25, -0.2) is 9.56 Å². The Morgan fingerprint density at radius 1 is 0.586 bits per heavy atom. The zero-order valence-corrected chi connectivity index (χ0v) is 26.5. The Morgan fingerprint density at radius 2 is 0.931 bits per heavy atom. The fraction of sp³-hybridized carbons (Fsp3) is 1.00. The molecule has 0 aliphatic carbocycles. The molecule has 0 saturated carbocycles. The molecule has 0 atom stereocenters. The first-order valence-corrected chi connectivity index (χ1v) is 12.4. The Balaban J connectivity index is -0.00000338. The molecule has 0 unspecified atom stereocenters. The van der Waals surface area contributed by atoms with E-state index in [1.807, 2.05) is 0 Å². The number of hydrogen-bond donors (Lipinski definition) is 0. The van der Waals surface area contributed by atoms with Crippen LogP contribution in [0.25, 0.3) is 0 Å². The van der Waals surface area contributed by atoms with Gasteiger partial charge in [0, 0.05) is 13.2 Å². The Morgan fingerprint density at radius 3 is 1.31 bits per heavy atom. The average Bonchev–Trinajstić information content (AvgIpc) is 2.62. The van der Waals surface area contributed by atoms with Crippen molar-refractivity contribution in [2.75, 3.05) is 19.8 Å². The number of ether oxygens (including phenoxy) is 1. The largest absolute Gasteiger partial charge is 1.00 e. The summed E-state index contributed by atoms with van der Waals surface area (Å²) in [6.07, 6.45) is 19.4. The van der Waals surface area contributed by atoms with Crippen LogP contribution in [0.15, 0.2) is 0 Å². The number of rotatable bonds is 22. The maximum Gasteiger partial charge on any atom is 1.00 e. The van der Waals surface area contributed by atoms with Crippen molar-refractivity contribution in [1.82, 2.24) is 0 Å². The number of unbranched alkanes of at least 4 members (excludes halogenated alkanes) is 14. The Hall–Kier alpha value is 3.30. The standard InChI is InChI=1S/C20H43O6P.2K/c1-2-3-4-5-12-15-18-24-19-16-13-10-8-6-7-9-11-14-17-20-25-26-27(21,22)23;;/h2-20H2,1H3,(H2,21,22,23);;/q;2*+1/p-2. The summed E-state index contributed by atoms with van der Waals surface area (Å²) in [4.78, 5) is 24.6. The minimum absolute atomic E-state index is 0. The van der Waals surface area contributed by atoms with Gasteiger partial charge >= 0.3 is 103 Å². The third kappa shape index (κ3) is 36.1. The van der Waals surface area contributed by atoms with Crippen LogP contribution in [0.5, 0.6) is 0 Å². The van der Waals surface area contributed by atoms with Crippen LogP contribution < -0.4 is 113 Å². The summed E-state index contributed by atoms with van der Waals surface area (Å²) in [5.41, 5.74) is 0. The van der Waals surface area contributed by atoms with E-state index in [4.69, 9.17) is 4.74 Å². The van der Waals surface area contributed by atoms with E-state index in [0.717, 1.165) is 26.1 Å². The van der Waals surface area contributed by atoms with Crippen LogP contribution in [-0.4, -0.2) is 19.8 Å². The van der Waals surface area contributed by atoms with Crippen LogP contribution in [0.1, 0.15) is 110 Å². The van der Waals surface area contributed by atoms with Crippen LogP contribution in [0, 0.1) is 0 Å². The number of hydrogen-bond acceptors (Lipinski definition) is 6. The van der Waals surface area contributed by atoms with Crippen molar-refractivity contribution in [3.63, 3.8) is 0 Å². The maximum absolute atomic E-state index is 10.2. The topological polar surface area (TPSA) is 90.9 Å². The van der Waals surface area contributed by atoms with E-state index in [1.165, 1.54) is 83.5 Å². The molecule has 0 aromatic heterocycles. The predicted octanol–water partition coefficient (Wildman–Crippen LogP) is -0.951. The van der Waals surface area contributed by atoms with Gasteiger partial charge in [0.2, 0.25) is 0 Å². The van der Waals surface area contributed by atoms with Gasteiger partial charge in [-0.05, 0) is 19.3 Å². The van der Waals surface area contributed by atoms with Gasteiger partial charge in [0.05, 0.1) is 6.61 Å². The van der Waals surface area contributed by atoms with Crippen molar-refractivity contribution in [3.05, 3.63) is 0 Å². The maximum atomic E-state index is 10.2. The molecule has 0 aromatic carbocycles. The molecule has 0 fully saturated rings. The quantitative estimate of drug-likeness (QED) is 0.0644. The summed E-state index contributed by atoms with van der Waals surface area (Å²) in [7, 11) is -4.99. The Bertz CT molecular complexity index is 345. The number of phosphoric acid groups is 1. The van der Waals surface area contributed by atoms with Crippen LogP contribution >= 0.6 is 7.82 Å². The Kier molecular flexibility index (Phi) is 37.3. The third-order valence-electron chi connectivity index (χ3n) is 4.55. The minimum Gasteiger partial charge on any atom is -0.788 e. The van der Waals surface area contributed by atoms with Gasteiger partial charge in [0.1, 0.15) is 7.82 Å². The van der Waals surface area contributed by atoms with E-state index in [9.17, 15) is 14.4 Å². The molecule has 0 aromatic rings. The smallest absolute Gasteiger partial charge is 0.788 e. The zero-order valence-electron chi connectivity index (χ0n) is 19.3. The summed E-state index contributed by atoms with van der Waals surface area (Å²) in [5, 5.41) is 0. The molecule has 0 bridgehead atoms. The zero-order chi connectivity index (χ0) is 20.1. The van der Waals surface area contributed by atoms with E-state index in [2.05, 4.69) is 16.5 Å². The van der Waals surface area contributed by atoms with Crippen molar-refractivity contribution in [1.29, 1.82) is 0 Å². The van der Waals surface area contributed by atoms with Gasteiger partial charge in [-0.1, -0.05) is 90.4 Å². The van der Waals surface area contributed by atoms with Crippen molar-refractivity contribution < 1.29 is 131 Å². The second kappa shape index (κ2) is 29.3. The monoisotopic (exact) mass is 486 g/mol. The summed E-state index contributed by atoms with van der Waals surface area (Å²) in [5.74, 6) is 0. The molecule has 29 heavy (non-hydrogen) atoms. The van der Waals surface area contributed by atoms with Crippen LogP contribution in [0.4, 0.5) is 0 Å². The average molecular weight is 487 g/mol. The second-order valence-electron chi connectivity index (χ2n) is 7.26. The van der Waals surface area contributed by atoms with Crippen molar-refractivity contribution in [2.45, 2.75) is 110 Å². The molecule has 6 nitrogen and oxygen atoms in total. The van der Waals surface area contributed by atoms with Crippen molar-refractivity contribution in [2.24, 2.45) is 0 Å². The van der Waals surface area contributed by atoms with E-state index < -0.39 is 7.82 Å². The minimum atomic E-state index is -4.99. The normalized spacial score (nSPS) is 11.1. The van der Waals surface area contributed by atoms with Crippen LogP contribution in [0.2, 0.25) is 0 Å². The summed E-state index contributed by atoms with van der Waals surface area (Å²) in [6, 6.07) is 0. The van der Waals surface area contributed by atoms with Gasteiger partial charge in [0.15, 0.2) is 0 Å². The van der Waals surface area contributed by atoms with Gasteiger partial charge < -0.3 is 19.1 Å². The molecule has 0 rings (SSSR count). The third-order valence-corrected chi connectivity index (χ3v) is 4.84. The molecular weight excluding hydrogens is 445 g/mol. The molecular formula is C20H41K2O6P. The first-order valence-electron chi connectivity index (χ1n) is 11.0. The van der Waals surface area contributed by atoms with Gasteiger partial charge in [0.25, 0.3) is 0 Å². The molecule has 0 saturated heterocycles. The first-order chi connectivity index (χ1) is 13.1.